The number of anilines is 2. The van der Waals surface area contributed by atoms with E-state index in [0.29, 0.717) is 5.69 Å². The first kappa shape index (κ1) is 13.1. The van der Waals surface area contributed by atoms with Crippen LogP contribution in [0.2, 0.25) is 0 Å². The highest BCUT2D eigenvalue weighted by molar-refractivity contribution is 6.03. The molecule has 104 valence electrons. The largest absolute Gasteiger partial charge is 0.387 e. The zero-order valence-electron chi connectivity index (χ0n) is 11.5. The second-order valence-corrected chi connectivity index (χ2v) is 4.55. The van der Waals surface area contributed by atoms with E-state index in [1.54, 1.807) is 25.5 Å². The highest BCUT2D eigenvalue weighted by Gasteiger charge is 2.08. The lowest BCUT2D eigenvalue weighted by molar-refractivity contribution is 0.102. The number of nitrogens with zero attached hydrogens (tertiary/aromatic N) is 2. The third kappa shape index (κ3) is 2.81. The summed E-state index contributed by atoms with van der Waals surface area (Å²) in [6.07, 6.45) is 3.37. The Morgan fingerprint density at radius 3 is 2.67 bits per heavy atom. The summed E-state index contributed by atoms with van der Waals surface area (Å²) in [5.41, 5.74) is 2.86. The third-order valence-corrected chi connectivity index (χ3v) is 3.15. The molecule has 21 heavy (non-hydrogen) atoms. The highest BCUT2D eigenvalue weighted by Crippen LogP contribution is 2.17. The van der Waals surface area contributed by atoms with E-state index in [0.717, 1.165) is 22.3 Å². The van der Waals surface area contributed by atoms with Crippen molar-refractivity contribution < 1.29 is 4.79 Å². The minimum Gasteiger partial charge on any atom is -0.387 e. The van der Waals surface area contributed by atoms with Gasteiger partial charge in [0.15, 0.2) is 0 Å². The fourth-order valence-electron chi connectivity index (χ4n) is 2.02. The number of hydrogen-bond donors (Lipinski definition) is 2. The molecule has 0 aliphatic heterocycles. The van der Waals surface area contributed by atoms with E-state index < -0.39 is 0 Å². The standard InChI is InChI=1S/C16H14N4O/c1-17-13-5-7-15(19-10-13)16(21)20-12-4-6-14-11(9-12)3-2-8-18-14/h2-10,17H,1H3,(H,20,21). The number of carbonyl (C=O) groups is 1. The summed E-state index contributed by atoms with van der Waals surface area (Å²) in [6.45, 7) is 0. The van der Waals surface area contributed by atoms with Crippen molar-refractivity contribution in [3.63, 3.8) is 0 Å². The van der Waals surface area contributed by atoms with Crippen LogP contribution in [0.3, 0.4) is 0 Å². The van der Waals surface area contributed by atoms with E-state index >= 15 is 0 Å². The molecule has 0 aliphatic rings. The Hall–Kier alpha value is -2.95. The molecule has 2 aromatic heterocycles. The monoisotopic (exact) mass is 278 g/mol. The molecule has 0 unspecified atom stereocenters. The second-order valence-electron chi connectivity index (χ2n) is 4.55. The van der Waals surface area contributed by atoms with Gasteiger partial charge in [0.1, 0.15) is 5.69 Å². The fraction of sp³-hybridized carbons (Fsp3) is 0.0625. The highest BCUT2D eigenvalue weighted by atomic mass is 16.1. The maximum absolute atomic E-state index is 12.1. The summed E-state index contributed by atoms with van der Waals surface area (Å²) in [5, 5.41) is 6.78. The van der Waals surface area contributed by atoms with Gasteiger partial charge >= 0.3 is 0 Å². The molecule has 0 atom stereocenters. The Morgan fingerprint density at radius 2 is 1.90 bits per heavy atom. The predicted molar refractivity (Wildman–Crippen MR) is 83.5 cm³/mol. The smallest absolute Gasteiger partial charge is 0.274 e. The van der Waals surface area contributed by atoms with Gasteiger partial charge in [-0.25, -0.2) is 4.98 Å². The summed E-state index contributed by atoms with van der Waals surface area (Å²) in [7, 11) is 1.81. The summed E-state index contributed by atoms with van der Waals surface area (Å²) in [6, 6.07) is 12.9. The molecule has 0 fully saturated rings. The lowest BCUT2D eigenvalue weighted by Gasteiger charge is -2.06. The number of nitrogens with one attached hydrogen (secondary N) is 2. The van der Waals surface area contributed by atoms with Crippen LogP contribution in [-0.2, 0) is 0 Å². The van der Waals surface area contributed by atoms with Crippen LogP contribution in [-0.4, -0.2) is 22.9 Å². The van der Waals surface area contributed by atoms with Crippen LogP contribution in [0.5, 0.6) is 0 Å². The summed E-state index contributed by atoms with van der Waals surface area (Å²) < 4.78 is 0. The molecular weight excluding hydrogens is 264 g/mol. The molecule has 0 aliphatic carbocycles. The molecule has 3 aromatic rings. The average molecular weight is 278 g/mol. The van der Waals surface area contributed by atoms with Crippen LogP contribution in [0, 0.1) is 0 Å². The number of aromatic nitrogens is 2. The second kappa shape index (κ2) is 5.58. The number of carbonyl (C=O) groups excluding carboxylic acids is 1. The molecular formula is C16H14N4O. The van der Waals surface area contributed by atoms with E-state index in [4.69, 9.17) is 0 Å². The number of amides is 1. The van der Waals surface area contributed by atoms with Crippen LogP contribution in [0.15, 0.2) is 54.9 Å². The third-order valence-electron chi connectivity index (χ3n) is 3.15. The van der Waals surface area contributed by atoms with Gasteiger partial charge in [-0.15, -0.1) is 0 Å². The van der Waals surface area contributed by atoms with Crippen LogP contribution < -0.4 is 10.6 Å². The topological polar surface area (TPSA) is 66.9 Å². The summed E-state index contributed by atoms with van der Waals surface area (Å²) in [4.78, 5) is 20.5. The molecule has 0 saturated heterocycles. The van der Waals surface area contributed by atoms with Crippen molar-refractivity contribution >= 4 is 28.2 Å². The lowest BCUT2D eigenvalue weighted by atomic mass is 10.2. The molecule has 1 amide bonds. The van der Waals surface area contributed by atoms with Crippen molar-refractivity contribution in [2.75, 3.05) is 17.7 Å². The minimum absolute atomic E-state index is 0.235. The number of fused-ring (bicyclic) bond motifs is 1. The van der Waals surface area contributed by atoms with Gasteiger partial charge in [0.2, 0.25) is 0 Å². The van der Waals surface area contributed by atoms with Crippen molar-refractivity contribution in [1.29, 1.82) is 0 Å². The molecule has 5 nitrogen and oxygen atoms in total. The van der Waals surface area contributed by atoms with Gasteiger partial charge in [-0.05, 0) is 36.4 Å². The molecule has 0 spiro atoms. The Morgan fingerprint density at radius 1 is 1.05 bits per heavy atom. The lowest BCUT2D eigenvalue weighted by Crippen LogP contribution is -2.13. The molecule has 2 heterocycles. The molecule has 0 bridgehead atoms. The van der Waals surface area contributed by atoms with Gasteiger partial charge in [0, 0.05) is 24.3 Å². The normalized spacial score (nSPS) is 10.3. The average Bonchev–Trinajstić information content (AvgIpc) is 2.55. The van der Waals surface area contributed by atoms with Gasteiger partial charge in [-0.1, -0.05) is 6.07 Å². The molecule has 0 radical (unpaired) electrons. The van der Waals surface area contributed by atoms with Crippen molar-refractivity contribution in [1.82, 2.24) is 9.97 Å². The Kier molecular flexibility index (Phi) is 3.47. The van der Waals surface area contributed by atoms with E-state index in [9.17, 15) is 4.79 Å². The van der Waals surface area contributed by atoms with E-state index in [1.165, 1.54) is 0 Å². The fourth-order valence-corrected chi connectivity index (χ4v) is 2.02. The van der Waals surface area contributed by atoms with Gasteiger partial charge in [0.25, 0.3) is 5.91 Å². The molecule has 5 heteroatoms. The van der Waals surface area contributed by atoms with Crippen LogP contribution >= 0.6 is 0 Å². The summed E-state index contributed by atoms with van der Waals surface area (Å²) in [5.74, 6) is -0.235. The minimum atomic E-state index is -0.235. The van der Waals surface area contributed by atoms with Crippen molar-refractivity contribution in [3.05, 3.63) is 60.6 Å². The van der Waals surface area contributed by atoms with Crippen LogP contribution in [0.1, 0.15) is 10.5 Å². The maximum Gasteiger partial charge on any atom is 0.274 e. The van der Waals surface area contributed by atoms with Gasteiger partial charge in [-0.3, -0.25) is 9.78 Å². The SMILES string of the molecule is CNc1ccc(C(=O)Nc2ccc3ncccc3c2)nc1. The number of hydrogen-bond acceptors (Lipinski definition) is 4. The van der Waals surface area contributed by atoms with Crippen LogP contribution in [0.25, 0.3) is 10.9 Å². The molecule has 0 saturated carbocycles. The first-order valence-electron chi connectivity index (χ1n) is 6.56. The van der Waals surface area contributed by atoms with E-state index in [-0.39, 0.29) is 5.91 Å². The van der Waals surface area contributed by atoms with E-state index in [2.05, 4.69) is 20.6 Å². The molecule has 1 aromatic carbocycles. The predicted octanol–water partition coefficient (Wildman–Crippen LogP) is 2.92. The maximum atomic E-state index is 12.1. The summed E-state index contributed by atoms with van der Waals surface area (Å²) >= 11 is 0. The molecule has 3 rings (SSSR count). The Bertz CT molecular complexity index is 784. The molecule has 2 N–H and O–H groups in total. The van der Waals surface area contributed by atoms with Gasteiger partial charge in [0.05, 0.1) is 17.4 Å². The first-order valence-corrected chi connectivity index (χ1v) is 6.56. The van der Waals surface area contributed by atoms with Crippen molar-refractivity contribution in [3.8, 4) is 0 Å². The number of benzene rings is 1. The zero-order chi connectivity index (χ0) is 14.7. The van der Waals surface area contributed by atoms with Gasteiger partial charge in [-0.2, -0.15) is 0 Å². The first-order chi connectivity index (χ1) is 10.3. The van der Waals surface area contributed by atoms with Crippen LogP contribution in [0.4, 0.5) is 11.4 Å². The zero-order valence-corrected chi connectivity index (χ0v) is 11.5. The number of rotatable bonds is 3. The van der Waals surface area contributed by atoms with Crippen molar-refractivity contribution in [2.45, 2.75) is 0 Å². The Labute approximate surface area is 122 Å². The van der Waals surface area contributed by atoms with Crippen molar-refractivity contribution in [2.24, 2.45) is 0 Å². The number of pyridine rings is 2. The quantitative estimate of drug-likeness (QED) is 0.773. The Balaban J connectivity index is 1.81. The van der Waals surface area contributed by atoms with Gasteiger partial charge < -0.3 is 10.6 Å². The van der Waals surface area contributed by atoms with E-state index in [1.807, 2.05) is 36.4 Å².